The number of nitrogens with zero attached hydrogens (tertiary/aromatic N) is 3. The molecule has 5 nitrogen and oxygen atoms in total. The van der Waals surface area contributed by atoms with Gasteiger partial charge >= 0.3 is 0 Å². The zero-order valence-electron chi connectivity index (χ0n) is 12.5. The van der Waals surface area contributed by atoms with E-state index in [9.17, 15) is 4.79 Å². The van der Waals surface area contributed by atoms with Crippen molar-refractivity contribution < 1.29 is 4.79 Å². The average molecular weight is 352 g/mol. The molecule has 7 heteroatoms. The first-order chi connectivity index (χ1) is 11.7. The number of anilines is 1. The molecule has 0 atom stereocenters. The third kappa shape index (κ3) is 4.19. The molecule has 0 unspecified atom stereocenters. The number of benzene rings is 2. The van der Waals surface area contributed by atoms with Crippen LogP contribution in [0.25, 0.3) is 0 Å². The summed E-state index contributed by atoms with van der Waals surface area (Å²) >= 11 is 2.92. The first-order valence-electron chi connectivity index (χ1n) is 7.06. The van der Waals surface area contributed by atoms with Gasteiger partial charge in [-0.3, -0.25) is 10.1 Å². The molecule has 1 amide bonds. The molecule has 0 radical (unpaired) electrons. The Kier molecular flexibility index (Phi) is 5.21. The Morgan fingerprint density at radius 3 is 2.58 bits per heavy atom. The maximum Gasteiger partial charge on any atom is 0.257 e. The van der Waals surface area contributed by atoms with Gasteiger partial charge in [-0.25, -0.2) is 0 Å². The first kappa shape index (κ1) is 16.2. The number of amides is 1. The molecule has 0 aliphatic rings. The van der Waals surface area contributed by atoms with Crippen molar-refractivity contribution in [1.29, 1.82) is 5.26 Å². The highest BCUT2D eigenvalue weighted by Gasteiger charge is 2.10. The van der Waals surface area contributed by atoms with Crippen LogP contribution in [0.4, 0.5) is 5.13 Å². The number of nitrogens with one attached hydrogen (secondary N) is 1. The van der Waals surface area contributed by atoms with Gasteiger partial charge in [0.05, 0.1) is 11.6 Å². The van der Waals surface area contributed by atoms with Crippen molar-refractivity contribution >= 4 is 34.1 Å². The first-order valence-corrected chi connectivity index (χ1v) is 8.86. The molecule has 0 saturated carbocycles. The quantitative estimate of drug-likeness (QED) is 0.555. The highest BCUT2D eigenvalue weighted by molar-refractivity contribution is 8.00. The molecule has 0 bridgehead atoms. The lowest BCUT2D eigenvalue weighted by Gasteiger charge is -2.00. The highest BCUT2D eigenvalue weighted by atomic mass is 32.2. The number of rotatable bonds is 5. The van der Waals surface area contributed by atoms with Gasteiger partial charge in [-0.05, 0) is 29.8 Å². The SMILES string of the molecule is N#Cc1ccc(C(=O)Nc2nnc(SCc3ccccc3)s2)cc1. The van der Waals surface area contributed by atoms with E-state index in [1.165, 1.54) is 16.9 Å². The van der Waals surface area contributed by atoms with Gasteiger partial charge in [0, 0.05) is 11.3 Å². The molecule has 1 N–H and O–H groups in total. The summed E-state index contributed by atoms with van der Waals surface area (Å²) in [7, 11) is 0. The van der Waals surface area contributed by atoms with Gasteiger partial charge in [0.15, 0.2) is 4.34 Å². The van der Waals surface area contributed by atoms with Gasteiger partial charge in [0.1, 0.15) is 0 Å². The van der Waals surface area contributed by atoms with Gasteiger partial charge < -0.3 is 0 Å². The fraction of sp³-hybridized carbons (Fsp3) is 0.0588. The van der Waals surface area contributed by atoms with Gasteiger partial charge in [0.2, 0.25) is 5.13 Å². The lowest BCUT2D eigenvalue weighted by Crippen LogP contribution is -2.11. The van der Waals surface area contributed by atoms with Crippen molar-refractivity contribution in [2.75, 3.05) is 5.32 Å². The predicted octanol–water partition coefficient (Wildman–Crippen LogP) is 3.95. The number of carbonyl (C=O) groups is 1. The summed E-state index contributed by atoms with van der Waals surface area (Å²) in [6.45, 7) is 0. The number of carbonyl (C=O) groups excluding carboxylic acids is 1. The molecule has 3 aromatic rings. The third-order valence-electron chi connectivity index (χ3n) is 3.11. The molecule has 1 heterocycles. The number of thioether (sulfide) groups is 1. The predicted molar refractivity (Wildman–Crippen MR) is 95.0 cm³/mol. The summed E-state index contributed by atoms with van der Waals surface area (Å²) in [6.07, 6.45) is 0. The lowest BCUT2D eigenvalue weighted by molar-refractivity contribution is 0.102. The molecule has 118 valence electrons. The van der Waals surface area contributed by atoms with Crippen LogP contribution in [-0.2, 0) is 5.75 Å². The molecule has 3 rings (SSSR count). The normalized spacial score (nSPS) is 10.1. The van der Waals surface area contributed by atoms with E-state index < -0.39 is 0 Å². The van der Waals surface area contributed by atoms with Crippen molar-refractivity contribution in [2.24, 2.45) is 0 Å². The summed E-state index contributed by atoms with van der Waals surface area (Å²) in [5, 5.41) is 20.0. The van der Waals surface area contributed by atoms with Gasteiger partial charge in [-0.2, -0.15) is 5.26 Å². The Bertz CT molecular complexity index is 870. The van der Waals surface area contributed by atoms with Crippen molar-refractivity contribution in [2.45, 2.75) is 10.1 Å². The summed E-state index contributed by atoms with van der Waals surface area (Å²) in [4.78, 5) is 12.1. The van der Waals surface area contributed by atoms with Crippen molar-refractivity contribution in [3.8, 4) is 6.07 Å². The highest BCUT2D eigenvalue weighted by Crippen LogP contribution is 2.28. The molecule has 2 aromatic carbocycles. The second-order valence-corrected chi connectivity index (χ2v) is 6.99. The molecular weight excluding hydrogens is 340 g/mol. The van der Waals surface area contributed by atoms with E-state index in [4.69, 9.17) is 5.26 Å². The van der Waals surface area contributed by atoms with Crippen LogP contribution in [0.5, 0.6) is 0 Å². The zero-order valence-corrected chi connectivity index (χ0v) is 14.1. The van der Waals surface area contributed by atoms with Gasteiger partial charge in [-0.15, -0.1) is 10.2 Å². The van der Waals surface area contributed by atoms with Crippen LogP contribution < -0.4 is 5.32 Å². The zero-order chi connectivity index (χ0) is 16.8. The van der Waals surface area contributed by atoms with E-state index in [0.717, 1.165) is 10.1 Å². The van der Waals surface area contributed by atoms with E-state index in [0.29, 0.717) is 16.3 Å². The molecule has 0 fully saturated rings. The minimum Gasteiger partial charge on any atom is -0.296 e. The molecular formula is C17H12N4OS2. The second-order valence-electron chi connectivity index (χ2n) is 4.79. The largest absolute Gasteiger partial charge is 0.296 e. The average Bonchev–Trinajstić information content (AvgIpc) is 3.08. The van der Waals surface area contributed by atoms with E-state index in [1.807, 2.05) is 24.3 Å². The Morgan fingerprint density at radius 1 is 1.12 bits per heavy atom. The van der Waals surface area contributed by atoms with Crippen LogP contribution in [0.3, 0.4) is 0 Å². The summed E-state index contributed by atoms with van der Waals surface area (Å²) in [5.41, 5.74) is 2.20. The van der Waals surface area contributed by atoms with Crippen molar-refractivity contribution in [1.82, 2.24) is 10.2 Å². The molecule has 0 saturated heterocycles. The standard InChI is InChI=1S/C17H12N4OS2/c18-10-12-6-8-14(9-7-12)15(22)19-16-20-21-17(24-16)23-11-13-4-2-1-3-5-13/h1-9H,11H2,(H,19,20,22). The Morgan fingerprint density at radius 2 is 1.88 bits per heavy atom. The minimum atomic E-state index is -0.268. The molecule has 24 heavy (non-hydrogen) atoms. The van der Waals surface area contributed by atoms with Crippen molar-refractivity contribution in [3.63, 3.8) is 0 Å². The fourth-order valence-electron chi connectivity index (χ4n) is 1.90. The molecule has 0 spiro atoms. The maximum absolute atomic E-state index is 12.1. The number of aromatic nitrogens is 2. The van der Waals surface area contributed by atoms with E-state index in [1.54, 1.807) is 36.0 Å². The second kappa shape index (κ2) is 7.73. The fourth-order valence-corrected chi connectivity index (χ4v) is 3.61. The monoisotopic (exact) mass is 352 g/mol. The number of hydrogen-bond acceptors (Lipinski definition) is 6. The van der Waals surface area contributed by atoms with Gasteiger partial charge in [0.25, 0.3) is 5.91 Å². The van der Waals surface area contributed by atoms with Crippen molar-refractivity contribution in [3.05, 3.63) is 71.3 Å². The summed E-state index contributed by atoms with van der Waals surface area (Å²) in [5.74, 6) is 0.536. The third-order valence-corrected chi connectivity index (χ3v) is 5.15. The Labute approximate surface area is 147 Å². The number of hydrogen-bond donors (Lipinski definition) is 1. The van der Waals surface area contributed by atoms with E-state index in [-0.39, 0.29) is 5.91 Å². The van der Waals surface area contributed by atoms with Crippen LogP contribution >= 0.6 is 23.1 Å². The van der Waals surface area contributed by atoms with Crippen LogP contribution in [0.2, 0.25) is 0 Å². The molecule has 1 aromatic heterocycles. The minimum absolute atomic E-state index is 0.268. The van der Waals surface area contributed by atoms with Crippen LogP contribution in [0.15, 0.2) is 58.9 Å². The summed E-state index contributed by atoms with van der Waals surface area (Å²) in [6, 6.07) is 18.6. The van der Waals surface area contributed by atoms with E-state index >= 15 is 0 Å². The smallest absolute Gasteiger partial charge is 0.257 e. The van der Waals surface area contributed by atoms with Crippen LogP contribution in [-0.4, -0.2) is 16.1 Å². The molecule has 0 aliphatic heterocycles. The van der Waals surface area contributed by atoms with Gasteiger partial charge in [-0.1, -0.05) is 53.4 Å². The van der Waals surface area contributed by atoms with Crippen LogP contribution in [0, 0.1) is 11.3 Å². The van der Waals surface area contributed by atoms with E-state index in [2.05, 4.69) is 27.6 Å². The lowest BCUT2D eigenvalue weighted by atomic mass is 10.1. The Balaban J connectivity index is 1.59. The molecule has 0 aliphatic carbocycles. The maximum atomic E-state index is 12.1. The number of nitriles is 1. The Hall–Kier alpha value is -2.69. The summed E-state index contributed by atoms with van der Waals surface area (Å²) < 4.78 is 0.800. The van der Waals surface area contributed by atoms with Crippen LogP contribution in [0.1, 0.15) is 21.5 Å². The topological polar surface area (TPSA) is 78.7 Å².